The summed E-state index contributed by atoms with van der Waals surface area (Å²) in [5, 5.41) is 7.06. The van der Waals surface area contributed by atoms with Crippen LogP contribution < -0.4 is 24.8 Å². The molecule has 0 atom stereocenters. The zero-order valence-electron chi connectivity index (χ0n) is 16.7. The Bertz CT molecular complexity index is 782. The number of aromatic nitrogens is 1. The van der Waals surface area contributed by atoms with Crippen LogP contribution >= 0.6 is 11.6 Å². The quantitative estimate of drug-likeness (QED) is 0.378. The number of aliphatic imine (C=N–C) groups is 1. The zero-order chi connectivity index (χ0) is 20.4. The molecule has 8 heteroatoms. The molecule has 0 bridgehead atoms. The number of pyridine rings is 1. The first-order valence-electron chi connectivity index (χ1n) is 9.03. The van der Waals surface area contributed by atoms with Gasteiger partial charge in [-0.1, -0.05) is 17.7 Å². The van der Waals surface area contributed by atoms with Gasteiger partial charge < -0.3 is 24.8 Å². The highest BCUT2D eigenvalue weighted by molar-refractivity contribution is 6.29. The standard InChI is InChI=1S/C20H27ClN4O3/c1-5-22-20(23-11-10-14-6-9-17(21)24-12-14)25-13-15-7-8-16(26-2)19(28-4)18(15)27-3/h6-9,12H,5,10-11,13H2,1-4H3,(H2,22,23,25). The Labute approximate surface area is 171 Å². The van der Waals surface area contributed by atoms with Crippen LogP contribution in [-0.2, 0) is 13.0 Å². The van der Waals surface area contributed by atoms with Gasteiger partial charge in [0, 0.05) is 24.8 Å². The molecule has 0 fully saturated rings. The zero-order valence-corrected chi connectivity index (χ0v) is 17.5. The summed E-state index contributed by atoms with van der Waals surface area (Å²) in [5.41, 5.74) is 2.01. The Hall–Kier alpha value is -2.67. The van der Waals surface area contributed by atoms with Gasteiger partial charge in [-0.15, -0.1) is 0 Å². The van der Waals surface area contributed by atoms with E-state index < -0.39 is 0 Å². The van der Waals surface area contributed by atoms with Crippen molar-refractivity contribution in [2.45, 2.75) is 19.9 Å². The summed E-state index contributed by atoms with van der Waals surface area (Å²) in [6, 6.07) is 7.53. The Balaban J connectivity index is 2.06. The van der Waals surface area contributed by atoms with Gasteiger partial charge in [-0.2, -0.15) is 0 Å². The number of nitrogens with zero attached hydrogens (tertiary/aromatic N) is 2. The van der Waals surface area contributed by atoms with E-state index in [0.29, 0.717) is 28.9 Å². The maximum atomic E-state index is 5.82. The number of hydrogen-bond donors (Lipinski definition) is 2. The molecule has 1 aromatic heterocycles. The van der Waals surface area contributed by atoms with E-state index in [1.54, 1.807) is 33.6 Å². The Morgan fingerprint density at radius 3 is 2.43 bits per heavy atom. The number of hydrogen-bond acceptors (Lipinski definition) is 5. The van der Waals surface area contributed by atoms with Gasteiger partial charge >= 0.3 is 0 Å². The molecule has 0 aliphatic rings. The highest BCUT2D eigenvalue weighted by Crippen LogP contribution is 2.39. The number of benzene rings is 1. The molecule has 0 aliphatic carbocycles. The summed E-state index contributed by atoms with van der Waals surface area (Å²) in [7, 11) is 4.79. The third kappa shape index (κ3) is 5.92. The fourth-order valence-electron chi connectivity index (χ4n) is 2.67. The number of nitrogens with one attached hydrogen (secondary N) is 2. The van der Waals surface area contributed by atoms with E-state index in [9.17, 15) is 0 Å². The molecule has 1 aromatic carbocycles. The molecular formula is C20H27ClN4O3. The minimum atomic E-state index is 0.432. The Kier molecular flexibility index (Phi) is 8.68. The van der Waals surface area contributed by atoms with Gasteiger partial charge in [0.25, 0.3) is 0 Å². The van der Waals surface area contributed by atoms with E-state index in [1.807, 2.05) is 25.1 Å². The molecule has 2 N–H and O–H groups in total. The van der Waals surface area contributed by atoms with Gasteiger partial charge in [-0.25, -0.2) is 9.98 Å². The van der Waals surface area contributed by atoms with Crippen LogP contribution in [0.4, 0.5) is 0 Å². The highest BCUT2D eigenvalue weighted by atomic mass is 35.5. The largest absolute Gasteiger partial charge is 0.493 e. The van der Waals surface area contributed by atoms with Gasteiger partial charge in [-0.3, -0.25) is 0 Å². The Morgan fingerprint density at radius 2 is 1.82 bits per heavy atom. The van der Waals surface area contributed by atoms with Crippen molar-refractivity contribution in [1.29, 1.82) is 0 Å². The summed E-state index contributed by atoms with van der Waals surface area (Å²) in [5.74, 6) is 2.52. The van der Waals surface area contributed by atoms with Gasteiger partial charge in [0.15, 0.2) is 17.5 Å². The van der Waals surface area contributed by atoms with Crippen LogP contribution in [0.2, 0.25) is 5.15 Å². The molecule has 7 nitrogen and oxygen atoms in total. The minimum Gasteiger partial charge on any atom is -0.493 e. The molecule has 0 spiro atoms. The van der Waals surface area contributed by atoms with Crippen LogP contribution in [0, 0.1) is 0 Å². The van der Waals surface area contributed by atoms with Crippen molar-refractivity contribution in [3.05, 3.63) is 46.7 Å². The van der Waals surface area contributed by atoms with Crippen molar-refractivity contribution in [3.63, 3.8) is 0 Å². The van der Waals surface area contributed by atoms with E-state index in [2.05, 4.69) is 20.6 Å². The number of rotatable bonds is 9. The molecule has 0 radical (unpaired) electrons. The molecule has 0 unspecified atom stereocenters. The van der Waals surface area contributed by atoms with Gasteiger partial charge in [-0.05, 0) is 37.1 Å². The minimum absolute atomic E-state index is 0.432. The summed E-state index contributed by atoms with van der Waals surface area (Å²) < 4.78 is 16.3. The fraction of sp³-hybridized carbons (Fsp3) is 0.400. The van der Waals surface area contributed by atoms with Crippen LogP contribution in [-0.4, -0.2) is 45.4 Å². The first-order valence-corrected chi connectivity index (χ1v) is 9.41. The number of halogens is 1. The molecular weight excluding hydrogens is 380 g/mol. The van der Waals surface area contributed by atoms with Crippen molar-refractivity contribution in [2.75, 3.05) is 34.4 Å². The van der Waals surface area contributed by atoms with E-state index in [4.69, 9.17) is 25.8 Å². The van der Waals surface area contributed by atoms with Gasteiger partial charge in [0.1, 0.15) is 5.15 Å². The van der Waals surface area contributed by atoms with Crippen LogP contribution in [0.25, 0.3) is 0 Å². The second-order valence-electron chi connectivity index (χ2n) is 5.85. The molecule has 0 saturated carbocycles. The predicted molar refractivity (Wildman–Crippen MR) is 112 cm³/mol. The van der Waals surface area contributed by atoms with E-state index in [-0.39, 0.29) is 0 Å². The SMILES string of the molecule is CCNC(=NCc1ccc(OC)c(OC)c1OC)NCCc1ccc(Cl)nc1. The van der Waals surface area contributed by atoms with E-state index in [0.717, 1.165) is 36.6 Å². The number of ether oxygens (including phenoxy) is 3. The third-order valence-corrected chi connectivity index (χ3v) is 4.26. The van der Waals surface area contributed by atoms with Gasteiger partial charge in [0.2, 0.25) is 5.75 Å². The smallest absolute Gasteiger partial charge is 0.203 e. The maximum absolute atomic E-state index is 5.82. The first kappa shape index (κ1) is 21.6. The molecule has 2 aromatic rings. The van der Waals surface area contributed by atoms with Crippen molar-refractivity contribution in [1.82, 2.24) is 15.6 Å². The molecule has 1 heterocycles. The molecule has 28 heavy (non-hydrogen) atoms. The molecule has 0 saturated heterocycles. The lowest BCUT2D eigenvalue weighted by atomic mass is 10.1. The third-order valence-electron chi connectivity index (χ3n) is 4.03. The monoisotopic (exact) mass is 406 g/mol. The maximum Gasteiger partial charge on any atom is 0.203 e. The predicted octanol–water partition coefficient (Wildman–Crippen LogP) is 3.06. The molecule has 152 valence electrons. The molecule has 2 rings (SSSR count). The summed E-state index contributed by atoms with van der Waals surface area (Å²) in [6.07, 6.45) is 2.59. The first-order chi connectivity index (χ1) is 13.6. The highest BCUT2D eigenvalue weighted by Gasteiger charge is 2.15. The lowest BCUT2D eigenvalue weighted by molar-refractivity contribution is 0.322. The second kappa shape index (κ2) is 11.2. The fourth-order valence-corrected chi connectivity index (χ4v) is 2.79. The lowest BCUT2D eigenvalue weighted by Gasteiger charge is -2.15. The summed E-state index contributed by atoms with van der Waals surface area (Å²) in [4.78, 5) is 8.74. The summed E-state index contributed by atoms with van der Waals surface area (Å²) >= 11 is 5.82. The van der Waals surface area contributed by atoms with E-state index in [1.165, 1.54) is 0 Å². The van der Waals surface area contributed by atoms with Crippen molar-refractivity contribution in [3.8, 4) is 17.2 Å². The van der Waals surface area contributed by atoms with Gasteiger partial charge in [0.05, 0.1) is 27.9 Å². The normalized spacial score (nSPS) is 11.1. The van der Waals surface area contributed by atoms with Crippen molar-refractivity contribution >= 4 is 17.6 Å². The van der Waals surface area contributed by atoms with Crippen molar-refractivity contribution in [2.24, 2.45) is 4.99 Å². The molecule has 0 amide bonds. The van der Waals surface area contributed by atoms with E-state index >= 15 is 0 Å². The van der Waals surface area contributed by atoms with Crippen LogP contribution in [0.3, 0.4) is 0 Å². The average molecular weight is 407 g/mol. The number of methoxy groups -OCH3 is 3. The van der Waals surface area contributed by atoms with Crippen molar-refractivity contribution < 1.29 is 14.2 Å². The average Bonchev–Trinajstić information content (AvgIpc) is 2.72. The van der Waals surface area contributed by atoms with Crippen LogP contribution in [0.1, 0.15) is 18.1 Å². The van der Waals surface area contributed by atoms with Crippen LogP contribution in [0.15, 0.2) is 35.5 Å². The van der Waals surface area contributed by atoms with Crippen LogP contribution in [0.5, 0.6) is 17.2 Å². The lowest BCUT2D eigenvalue weighted by Crippen LogP contribution is -2.38. The molecule has 0 aliphatic heterocycles. The topological polar surface area (TPSA) is 77.0 Å². The summed E-state index contributed by atoms with van der Waals surface area (Å²) in [6.45, 7) is 3.94. The Morgan fingerprint density at radius 1 is 1.04 bits per heavy atom. The second-order valence-corrected chi connectivity index (χ2v) is 6.24. The number of guanidine groups is 1.